The van der Waals surface area contributed by atoms with Crippen LogP contribution < -0.4 is 9.47 Å². The standard InChI is InChI=1S/C33H41N3O2/c1-5-6-21-36-31-24-29(38-28-15-11-26(12-16-28)33(2,3)4)17-18-30(31)34-32(36)25-9-13-27(14-10-25)37-23-22-35-19-7-8-20-35/h9-18,24H,5-8,19-23H2,1-4H3. The van der Waals surface area contributed by atoms with Crippen LogP contribution >= 0.6 is 0 Å². The van der Waals surface area contributed by atoms with E-state index in [2.05, 4.69) is 97.8 Å². The van der Waals surface area contributed by atoms with Crippen molar-refractivity contribution in [2.45, 2.75) is 65.3 Å². The van der Waals surface area contributed by atoms with Gasteiger partial charge in [-0.25, -0.2) is 4.98 Å². The van der Waals surface area contributed by atoms with E-state index in [1.54, 1.807) is 0 Å². The molecule has 0 N–H and O–H groups in total. The summed E-state index contributed by atoms with van der Waals surface area (Å²) in [5.41, 5.74) is 4.60. The highest BCUT2D eigenvalue weighted by molar-refractivity contribution is 5.82. The molecule has 0 amide bonds. The molecule has 200 valence electrons. The van der Waals surface area contributed by atoms with Crippen LogP contribution in [0.5, 0.6) is 17.2 Å². The molecular formula is C33H41N3O2. The first-order valence-corrected chi connectivity index (χ1v) is 14.1. The minimum atomic E-state index is 0.123. The molecule has 38 heavy (non-hydrogen) atoms. The molecular weight excluding hydrogens is 470 g/mol. The van der Waals surface area contributed by atoms with Crippen LogP contribution in [-0.4, -0.2) is 40.7 Å². The first-order valence-electron chi connectivity index (χ1n) is 14.1. The van der Waals surface area contributed by atoms with Crippen LogP contribution in [-0.2, 0) is 12.0 Å². The molecule has 0 saturated carbocycles. The van der Waals surface area contributed by atoms with Crippen LogP contribution in [0.25, 0.3) is 22.4 Å². The van der Waals surface area contributed by atoms with E-state index in [4.69, 9.17) is 14.5 Å². The topological polar surface area (TPSA) is 39.5 Å². The molecule has 0 unspecified atom stereocenters. The van der Waals surface area contributed by atoms with Crippen molar-refractivity contribution in [3.8, 4) is 28.6 Å². The molecule has 1 aliphatic rings. The zero-order valence-electron chi connectivity index (χ0n) is 23.4. The molecule has 5 rings (SSSR count). The lowest BCUT2D eigenvalue weighted by Gasteiger charge is -2.19. The van der Waals surface area contributed by atoms with Crippen LogP contribution in [0, 0.1) is 0 Å². The highest BCUT2D eigenvalue weighted by Gasteiger charge is 2.16. The van der Waals surface area contributed by atoms with E-state index in [0.717, 1.165) is 72.2 Å². The minimum Gasteiger partial charge on any atom is -0.492 e. The summed E-state index contributed by atoms with van der Waals surface area (Å²) in [7, 11) is 0. The molecule has 0 radical (unpaired) electrons. The average molecular weight is 512 g/mol. The second-order valence-corrected chi connectivity index (χ2v) is 11.4. The van der Waals surface area contributed by atoms with Crippen molar-refractivity contribution in [3.05, 3.63) is 72.3 Å². The minimum absolute atomic E-state index is 0.123. The van der Waals surface area contributed by atoms with Gasteiger partial charge >= 0.3 is 0 Å². The quantitative estimate of drug-likeness (QED) is 0.216. The van der Waals surface area contributed by atoms with Crippen LogP contribution in [0.1, 0.15) is 58.9 Å². The number of ether oxygens (including phenoxy) is 2. The van der Waals surface area contributed by atoms with E-state index >= 15 is 0 Å². The van der Waals surface area contributed by atoms with Crippen molar-refractivity contribution in [2.75, 3.05) is 26.2 Å². The van der Waals surface area contributed by atoms with Gasteiger partial charge < -0.3 is 14.0 Å². The van der Waals surface area contributed by atoms with Crippen LogP contribution in [0.2, 0.25) is 0 Å². The second kappa shape index (κ2) is 11.6. The van der Waals surface area contributed by atoms with Crippen LogP contribution in [0.15, 0.2) is 66.7 Å². The Morgan fingerprint density at radius 3 is 2.18 bits per heavy atom. The largest absolute Gasteiger partial charge is 0.492 e. The number of benzene rings is 3. The fourth-order valence-electron chi connectivity index (χ4n) is 5.09. The second-order valence-electron chi connectivity index (χ2n) is 11.4. The van der Waals surface area contributed by atoms with Crippen molar-refractivity contribution in [1.29, 1.82) is 0 Å². The van der Waals surface area contributed by atoms with Gasteiger partial charge in [-0.2, -0.15) is 0 Å². The Kier molecular flexibility index (Phi) is 8.04. The SMILES string of the molecule is CCCCn1c(-c2ccc(OCCN3CCCC3)cc2)nc2ccc(Oc3ccc(C(C)(C)C)cc3)cc21. The van der Waals surface area contributed by atoms with Gasteiger partial charge in [0.25, 0.3) is 0 Å². The van der Waals surface area contributed by atoms with Gasteiger partial charge in [0.2, 0.25) is 0 Å². The molecule has 0 bridgehead atoms. The maximum absolute atomic E-state index is 6.26. The lowest BCUT2D eigenvalue weighted by molar-refractivity contribution is 0.238. The summed E-state index contributed by atoms with van der Waals surface area (Å²) < 4.78 is 14.6. The summed E-state index contributed by atoms with van der Waals surface area (Å²) in [4.78, 5) is 7.50. The Labute approximate surface area is 227 Å². The van der Waals surface area contributed by atoms with E-state index in [9.17, 15) is 0 Å². The molecule has 0 atom stereocenters. The van der Waals surface area contributed by atoms with E-state index in [1.165, 1.54) is 31.5 Å². The number of nitrogens with zero attached hydrogens (tertiary/aromatic N) is 3. The van der Waals surface area contributed by atoms with E-state index in [0.29, 0.717) is 0 Å². The number of hydrogen-bond acceptors (Lipinski definition) is 4. The predicted octanol–water partition coefficient (Wildman–Crippen LogP) is 8.07. The summed E-state index contributed by atoms with van der Waals surface area (Å²) in [6, 6.07) is 23.0. The molecule has 5 heteroatoms. The lowest BCUT2D eigenvalue weighted by Crippen LogP contribution is -2.25. The maximum Gasteiger partial charge on any atom is 0.141 e. The smallest absolute Gasteiger partial charge is 0.141 e. The van der Waals surface area contributed by atoms with Crippen molar-refractivity contribution < 1.29 is 9.47 Å². The molecule has 3 aromatic carbocycles. The number of rotatable bonds is 10. The van der Waals surface area contributed by atoms with Gasteiger partial charge in [-0.05, 0) is 91.9 Å². The van der Waals surface area contributed by atoms with Gasteiger partial charge in [0.05, 0.1) is 11.0 Å². The fourth-order valence-corrected chi connectivity index (χ4v) is 5.09. The molecule has 0 spiro atoms. The number of imidazole rings is 1. The average Bonchev–Trinajstić information content (AvgIpc) is 3.55. The van der Waals surface area contributed by atoms with E-state index in [-0.39, 0.29) is 5.41 Å². The number of likely N-dealkylation sites (tertiary alicyclic amines) is 1. The molecule has 1 aromatic heterocycles. The summed E-state index contributed by atoms with van der Waals surface area (Å²) in [6.07, 6.45) is 4.84. The number of unbranched alkanes of at least 4 members (excludes halogenated alkanes) is 1. The van der Waals surface area contributed by atoms with Crippen molar-refractivity contribution >= 4 is 11.0 Å². The molecule has 4 aromatic rings. The molecule has 2 heterocycles. The van der Waals surface area contributed by atoms with Crippen molar-refractivity contribution in [2.24, 2.45) is 0 Å². The van der Waals surface area contributed by atoms with E-state index in [1.807, 2.05) is 6.07 Å². The monoisotopic (exact) mass is 511 g/mol. The van der Waals surface area contributed by atoms with Crippen LogP contribution in [0.4, 0.5) is 0 Å². The first kappa shape index (κ1) is 26.3. The third-order valence-corrected chi connectivity index (χ3v) is 7.40. The van der Waals surface area contributed by atoms with Crippen molar-refractivity contribution in [3.63, 3.8) is 0 Å². The molecule has 0 aliphatic carbocycles. The number of aryl methyl sites for hydroxylation is 1. The fraction of sp³-hybridized carbons (Fsp3) is 0.424. The summed E-state index contributed by atoms with van der Waals surface area (Å²) >= 11 is 0. The zero-order valence-corrected chi connectivity index (χ0v) is 23.4. The third kappa shape index (κ3) is 6.21. The Morgan fingerprint density at radius 2 is 1.50 bits per heavy atom. The Balaban J connectivity index is 1.35. The van der Waals surface area contributed by atoms with Gasteiger partial charge in [-0.3, -0.25) is 4.90 Å². The van der Waals surface area contributed by atoms with E-state index < -0.39 is 0 Å². The normalized spacial score (nSPS) is 14.3. The highest BCUT2D eigenvalue weighted by Crippen LogP contribution is 2.32. The maximum atomic E-state index is 6.26. The summed E-state index contributed by atoms with van der Waals surface area (Å²) in [5, 5.41) is 0. The number of fused-ring (bicyclic) bond motifs is 1. The van der Waals surface area contributed by atoms with Gasteiger partial charge in [0.15, 0.2) is 0 Å². The Hall–Kier alpha value is -3.31. The lowest BCUT2D eigenvalue weighted by atomic mass is 9.87. The summed E-state index contributed by atoms with van der Waals surface area (Å²) in [6.45, 7) is 13.9. The van der Waals surface area contributed by atoms with Crippen LogP contribution in [0.3, 0.4) is 0 Å². The number of aromatic nitrogens is 2. The zero-order chi connectivity index (χ0) is 26.5. The van der Waals surface area contributed by atoms with Crippen molar-refractivity contribution in [1.82, 2.24) is 14.5 Å². The van der Waals surface area contributed by atoms with Gasteiger partial charge in [0.1, 0.15) is 29.7 Å². The Bertz CT molecular complexity index is 1330. The summed E-state index contributed by atoms with van der Waals surface area (Å²) in [5.74, 6) is 3.57. The van der Waals surface area contributed by atoms with Gasteiger partial charge in [-0.1, -0.05) is 46.2 Å². The number of hydrogen-bond donors (Lipinski definition) is 0. The van der Waals surface area contributed by atoms with Gasteiger partial charge in [0, 0.05) is 24.7 Å². The molecule has 1 fully saturated rings. The first-order chi connectivity index (χ1) is 18.4. The highest BCUT2D eigenvalue weighted by atomic mass is 16.5. The molecule has 5 nitrogen and oxygen atoms in total. The predicted molar refractivity (Wildman–Crippen MR) is 156 cm³/mol. The Morgan fingerprint density at radius 1 is 0.816 bits per heavy atom. The van der Waals surface area contributed by atoms with Gasteiger partial charge in [-0.15, -0.1) is 0 Å². The third-order valence-electron chi connectivity index (χ3n) is 7.40. The molecule has 1 aliphatic heterocycles. The molecule has 1 saturated heterocycles.